The summed E-state index contributed by atoms with van der Waals surface area (Å²) in [5.41, 5.74) is 24.8. The van der Waals surface area contributed by atoms with Gasteiger partial charge in [0.2, 0.25) is 0 Å². The summed E-state index contributed by atoms with van der Waals surface area (Å²) < 4.78 is 50.0. The molecule has 6 rings (SSSR count). The second kappa shape index (κ2) is 64.5. The number of nitrogens with zero attached hydrogens (tertiary/aromatic N) is 3. The van der Waals surface area contributed by atoms with Gasteiger partial charge in [-0.05, 0) is 245 Å². The van der Waals surface area contributed by atoms with E-state index in [2.05, 4.69) is 46.0 Å². The Morgan fingerprint density at radius 1 is 0.271 bits per heavy atom. The van der Waals surface area contributed by atoms with Crippen LogP contribution in [0.1, 0.15) is 148 Å². The highest BCUT2D eigenvalue weighted by Gasteiger charge is 2.25. The Labute approximate surface area is 699 Å². The fraction of sp³-hybridized carbons (Fsp3) is 0.500. The van der Waals surface area contributed by atoms with Crippen molar-refractivity contribution in [3.05, 3.63) is 210 Å². The maximum atomic E-state index is 12.0. The van der Waals surface area contributed by atoms with Gasteiger partial charge in [-0.15, -0.1) is 0 Å². The molecule has 0 aliphatic carbocycles. The topological polar surface area (TPSA) is 403 Å². The summed E-state index contributed by atoms with van der Waals surface area (Å²) in [4.78, 5) is 99.9. The Morgan fingerprint density at radius 2 is 0.483 bits per heavy atom. The maximum Gasteiger partial charge on any atom is 0.519 e. The highest BCUT2D eigenvalue weighted by molar-refractivity contribution is 5.77. The van der Waals surface area contributed by atoms with E-state index in [4.69, 9.17) is 65.6 Å². The summed E-state index contributed by atoms with van der Waals surface area (Å²) in [6.07, 6.45) is 2.93. The van der Waals surface area contributed by atoms with Crippen molar-refractivity contribution in [2.24, 2.45) is 22.9 Å². The van der Waals surface area contributed by atoms with Crippen LogP contribution in [0.2, 0.25) is 0 Å². The second-order valence-electron chi connectivity index (χ2n) is 29.7. The van der Waals surface area contributed by atoms with Gasteiger partial charge in [-0.3, -0.25) is 0 Å². The van der Waals surface area contributed by atoms with E-state index >= 15 is 0 Å². The van der Waals surface area contributed by atoms with Gasteiger partial charge >= 0.3 is 48.9 Å². The molecule has 0 saturated heterocycles. The van der Waals surface area contributed by atoms with Crippen molar-refractivity contribution < 1.29 is 85.7 Å². The average molecular weight is 1650 g/mol. The predicted molar refractivity (Wildman–Crippen MR) is 457 cm³/mol. The molecule has 0 aliphatic rings. The molecule has 0 radical (unpaired) electrons. The van der Waals surface area contributed by atoms with E-state index < -0.39 is 65.7 Å². The Morgan fingerprint density at radius 3 is 0.712 bits per heavy atom. The minimum absolute atomic E-state index is 0.215. The smallest absolute Gasteiger partial charge is 0.445 e. The normalized spacial score (nSPS) is 10.8. The van der Waals surface area contributed by atoms with Crippen molar-refractivity contribution in [1.29, 1.82) is 0 Å². The fourth-order valence-electron chi connectivity index (χ4n) is 10.1. The monoisotopic (exact) mass is 1650 g/mol. The van der Waals surface area contributed by atoms with Gasteiger partial charge in [-0.1, -0.05) is 170 Å². The van der Waals surface area contributed by atoms with Gasteiger partial charge in [0, 0.05) is 32.7 Å². The van der Waals surface area contributed by atoms with Crippen molar-refractivity contribution in [1.82, 2.24) is 41.3 Å². The second-order valence-corrected chi connectivity index (χ2v) is 29.7. The number of rotatable bonds is 43. The molecular weight excluding hydrogens is 1510 g/mol. The first-order valence-electron chi connectivity index (χ1n) is 40.4. The maximum absolute atomic E-state index is 12.0. The number of nitrogens with one attached hydrogen (secondary N) is 5. The number of carbonyl (C=O) groups excluding carboxylic acids is 8. The van der Waals surface area contributed by atoms with Crippen LogP contribution in [0.15, 0.2) is 182 Å². The Bertz CT molecular complexity index is 3410. The van der Waals surface area contributed by atoms with Gasteiger partial charge in [0.25, 0.3) is 0 Å². The van der Waals surface area contributed by atoms with Crippen molar-refractivity contribution >= 4 is 48.9 Å². The van der Waals surface area contributed by atoms with Gasteiger partial charge in [-0.2, -0.15) is 0 Å². The number of amides is 5. The van der Waals surface area contributed by atoms with E-state index in [1.807, 2.05) is 178 Å². The molecule has 0 aliphatic heterocycles. The van der Waals surface area contributed by atoms with Gasteiger partial charge in [0.05, 0.1) is 0 Å². The van der Waals surface area contributed by atoms with Crippen LogP contribution in [0, 0.1) is 0 Å². The van der Waals surface area contributed by atoms with Crippen LogP contribution in [0.5, 0.6) is 5.75 Å². The summed E-state index contributed by atoms with van der Waals surface area (Å²) in [5, 5.41) is 13.9. The molecule has 0 bridgehead atoms. The summed E-state index contributed by atoms with van der Waals surface area (Å²) >= 11 is 0. The number of para-hydroxylation sites is 1. The lowest BCUT2D eigenvalue weighted by molar-refractivity contribution is -0.0295. The van der Waals surface area contributed by atoms with E-state index in [1.165, 1.54) is 0 Å². The molecule has 0 atom stereocenters. The summed E-state index contributed by atoms with van der Waals surface area (Å²) in [7, 11) is 0. The zero-order chi connectivity index (χ0) is 86.8. The van der Waals surface area contributed by atoms with Crippen molar-refractivity contribution in [2.75, 3.05) is 118 Å². The largest absolute Gasteiger partial charge is 0.519 e. The Kier molecular flexibility index (Phi) is 56.5. The molecule has 30 heteroatoms. The lowest BCUT2D eigenvalue weighted by atomic mass is 10.2. The van der Waals surface area contributed by atoms with Crippen LogP contribution < -0.4 is 54.3 Å². The zero-order valence-corrected chi connectivity index (χ0v) is 70.9. The first-order chi connectivity index (χ1) is 56.6. The standard InChI is InChI=1S/C30H44N4O6.C25H36N4O4.C14H12O3.C10H18O5.C9H24N4/c1-30(2,3)40-29(37)33-19-12-22-34(20-10-17-31-27(35)38-23-25-13-6-4-7-14-25)21-11-18-32-28(36)39-24-26-15-8-5-9-16-26;26-14-7-17-29(18-8-15-27-24(30)32-20-22-10-3-1-4-11-22)19-9-16-28-25(31)33-21-23-12-5-2-6-13-23;15-14(17-13-9-5-2-6-10-13)16-11-12-7-3-1-4-8-12;1-9(2,3)14-7(11)13-8(12)15-10(4,5)6;10-4-1-7-13(8-2-5-11)9-3-6-12/h4-9,13-16H,10-12,17-24H2,1-3H3,(H,31,35)(H,32,36)(H,33,37);1-6,10-13H,7-9,14-21,26H2,(H,27,30)(H,28,31);1-10H,11H2;1-6H3;1-12H2. The third kappa shape index (κ3) is 61.7. The van der Waals surface area contributed by atoms with E-state index in [-0.39, 0.29) is 33.0 Å². The van der Waals surface area contributed by atoms with E-state index in [9.17, 15) is 38.4 Å². The van der Waals surface area contributed by atoms with E-state index in [0.29, 0.717) is 45.0 Å². The van der Waals surface area contributed by atoms with Crippen LogP contribution in [-0.4, -0.2) is 198 Å². The quantitative estimate of drug-likeness (QED) is 0.00564. The van der Waals surface area contributed by atoms with Crippen molar-refractivity contribution in [3.8, 4) is 5.75 Å². The van der Waals surface area contributed by atoms with Crippen molar-refractivity contribution in [2.45, 2.75) is 170 Å². The van der Waals surface area contributed by atoms with Crippen molar-refractivity contribution in [3.63, 3.8) is 0 Å². The first-order valence-corrected chi connectivity index (χ1v) is 40.4. The number of ether oxygens (including phenoxy) is 10. The molecule has 13 N–H and O–H groups in total. The molecule has 118 heavy (non-hydrogen) atoms. The van der Waals surface area contributed by atoms with Crippen LogP contribution in [0.3, 0.4) is 0 Å². The number of carbonyl (C=O) groups is 8. The zero-order valence-electron chi connectivity index (χ0n) is 70.9. The molecular formula is C88H134N12O18. The SMILES string of the molecule is CC(C)(C)OC(=O)NCCCN(CCCNC(=O)OCc1ccccc1)CCCNC(=O)OCc1ccccc1.CC(C)(C)OC(=O)OC(=O)OC(C)(C)C.NCCCN(CCCN)CCCN.NCCCN(CCCNC(=O)OCc1ccccc1)CCCNC(=O)OCc1ccccc1.O=C(OCc1ccccc1)Oc1ccccc1. The molecule has 0 unspecified atom stereocenters. The third-order valence-electron chi connectivity index (χ3n) is 15.7. The summed E-state index contributed by atoms with van der Waals surface area (Å²) in [6.45, 7) is 30.1. The summed E-state index contributed by atoms with van der Waals surface area (Å²) in [6, 6.07) is 56.5. The average Bonchev–Trinajstić information content (AvgIpc) is 0.923. The van der Waals surface area contributed by atoms with E-state index in [1.54, 1.807) is 65.8 Å². The molecule has 30 nitrogen and oxygen atoms in total. The molecule has 5 amide bonds. The van der Waals surface area contributed by atoms with Crippen LogP contribution in [0.25, 0.3) is 0 Å². The Hall–Kier alpha value is -10.6. The van der Waals surface area contributed by atoms with Crippen LogP contribution in [0.4, 0.5) is 38.4 Å². The van der Waals surface area contributed by atoms with Gasteiger partial charge in [0.15, 0.2) is 0 Å². The van der Waals surface area contributed by atoms with Gasteiger partial charge in [-0.25, -0.2) is 38.4 Å². The predicted octanol–water partition coefficient (Wildman–Crippen LogP) is 13.7. The minimum atomic E-state index is -1.06. The van der Waals surface area contributed by atoms with Gasteiger partial charge < -0.3 is 112 Å². The molecule has 0 aromatic heterocycles. The first kappa shape index (κ1) is 103. The number of hydrogen-bond acceptors (Lipinski definition) is 25. The molecule has 0 fully saturated rings. The molecule has 6 aromatic carbocycles. The third-order valence-corrected chi connectivity index (χ3v) is 15.7. The highest BCUT2D eigenvalue weighted by Crippen LogP contribution is 2.15. The molecule has 6 aromatic rings. The van der Waals surface area contributed by atoms with E-state index in [0.717, 1.165) is 164 Å². The minimum Gasteiger partial charge on any atom is -0.445 e. The summed E-state index contributed by atoms with van der Waals surface area (Å²) in [5.74, 6) is 0.477. The number of alkyl carbamates (subject to hydrolysis) is 5. The van der Waals surface area contributed by atoms with Crippen LogP contribution in [-0.2, 0) is 75.7 Å². The molecule has 654 valence electrons. The van der Waals surface area contributed by atoms with Gasteiger partial charge in [0.1, 0.15) is 55.6 Å². The fourth-order valence-corrected chi connectivity index (χ4v) is 10.1. The number of hydrogen-bond donors (Lipinski definition) is 9. The number of nitrogens with two attached hydrogens (primary N) is 4. The number of benzene rings is 6. The van der Waals surface area contributed by atoms with Crippen LogP contribution >= 0.6 is 0 Å². The highest BCUT2D eigenvalue weighted by atomic mass is 16.8. The molecule has 0 spiro atoms. The lowest BCUT2D eigenvalue weighted by Crippen LogP contribution is -2.36. The molecule has 0 heterocycles. The Balaban J connectivity index is 0.000000537. The lowest BCUT2D eigenvalue weighted by Gasteiger charge is -2.23. The molecule has 0 saturated carbocycles.